The third kappa shape index (κ3) is 8.21. The maximum absolute atomic E-state index is 9.74. The fourth-order valence-electron chi connectivity index (χ4n) is 1.60. The zero-order chi connectivity index (χ0) is 14.1. The minimum absolute atomic E-state index is 0.258. The third-order valence-corrected chi connectivity index (χ3v) is 3.09. The fraction of sp³-hybridized carbons (Fsp3) is 0.571. The zero-order valence-electron chi connectivity index (χ0n) is 11.2. The summed E-state index contributed by atoms with van der Waals surface area (Å²) in [5, 5.41) is 22.0. The second kappa shape index (κ2) is 9.31. The molecule has 1 aromatic carbocycles. The Morgan fingerprint density at radius 2 is 2.16 bits per heavy atom. The van der Waals surface area contributed by atoms with Crippen LogP contribution in [0.25, 0.3) is 0 Å². The lowest BCUT2D eigenvalue weighted by atomic mass is 10.2. The van der Waals surface area contributed by atoms with Gasteiger partial charge in [-0.2, -0.15) is 0 Å². The molecule has 0 radical (unpaired) electrons. The molecule has 5 heteroatoms. The van der Waals surface area contributed by atoms with Crippen molar-refractivity contribution in [1.29, 1.82) is 0 Å². The standard InChI is InChI=1S/C14H22BrNO3/c1-11(17)4-3-7-16-9-13(18)10-19-14-6-2-5-12(15)8-14/h2,5-6,8,11,13,16-18H,3-4,7,9-10H2,1H3. The van der Waals surface area contributed by atoms with Gasteiger partial charge < -0.3 is 20.3 Å². The summed E-state index contributed by atoms with van der Waals surface area (Å²) >= 11 is 3.36. The average Bonchev–Trinajstić information content (AvgIpc) is 2.35. The van der Waals surface area contributed by atoms with Crippen LogP contribution in [0.3, 0.4) is 0 Å². The van der Waals surface area contributed by atoms with Gasteiger partial charge in [0.15, 0.2) is 0 Å². The minimum Gasteiger partial charge on any atom is -0.491 e. The molecule has 2 atom stereocenters. The van der Waals surface area contributed by atoms with E-state index in [0.717, 1.165) is 29.6 Å². The van der Waals surface area contributed by atoms with Crippen molar-refractivity contribution in [3.8, 4) is 5.75 Å². The molecule has 3 N–H and O–H groups in total. The molecule has 1 rings (SSSR count). The largest absolute Gasteiger partial charge is 0.491 e. The average molecular weight is 332 g/mol. The van der Waals surface area contributed by atoms with Crippen molar-refractivity contribution in [3.05, 3.63) is 28.7 Å². The molecule has 108 valence electrons. The molecular formula is C14H22BrNO3. The van der Waals surface area contributed by atoms with E-state index in [0.29, 0.717) is 6.54 Å². The van der Waals surface area contributed by atoms with Crippen LogP contribution in [0.2, 0.25) is 0 Å². The Kier molecular flexibility index (Phi) is 8.05. The van der Waals surface area contributed by atoms with Gasteiger partial charge in [-0.15, -0.1) is 0 Å². The van der Waals surface area contributed by atoms with Crippen LogP contribution in [0, 0.1) is 0 Å². The Labute approximate surface area is 122 Å². The first-order valence-corrected chi connectivity index (χ1v) is 7.32. The van der Waals surface area contributed by atoms with E-state index in [1.807, 2.05) is 24.3 Å². The van der Waals surface area contributed by atoms with Gasteiger partial charge in [0.1, 0.15) is 18.5 Å². The van der Waals surface area contributed by atoms with Crippen LogP contribution in [0.15, 0.2) is 28.7 Å². The van der Waals surface area contributed by atoms with E-state index in [-0.39, 0.29) is 12.7 Å². The number of rotatable bonds is 9. The topological polar surface area (TPSA) is 61.7 Å². The quantitative estimate of drug-likeness (QED) is 0.605. The first-order chi connectivity index (χ1) is 9.08. The lowest BCUT2D eigenvalue weighted by Gasteiger charge is -2.13. The van der Waals surface area contributed by atoms with Crippen LogP contribution in [0.5, 0.6) is 5.75 Å². The molecule has 0 aliphatic carbocycles. The Morgan fingerprint density at radius 1 is 1.37 bits per heavy atom. The van der Waals surface area contributed by atoms with Crippen molar-refractivity contribution in [2.24, 2.45) is 0 Å². The van der Waals surface area contributed by atoms with E-state index in [1.54, 1.807) is 6.92 Å². The van der Waals surface area contributed by atoms with Gasteiger partial charge >= 0.3 is 0 Å². The summed E-state index contributed by atoms with van der Waals surface area (Å²) in [6, 6.07) is 7.53. The maximum Gasteiger partial charge on any atom is 0.120 e. The smallest absolute Gasteiger partial charge is 0.120 e. The molecule has 19 heavy (non-hydrogen) atoms. The minimum atomic E-state index is -0.537. The summed E-state index contributed by atoms with van der Waals surface area (Å²) in [4.78, 5) is 0. The number of aliphatic hydroxyl groups excluding tert-OH is 2. The summed E-state index contributed by atoms with van der Waals surface area (Å²) in [5.74, 6) is 0.738. The third-order valence-electron chi connectivity index (χ3n) is 2.59. The van der Waals surface area contributed by atoms with E-state index in [1.165, 1.54) is 0 Å². The predicted octanol–water partition coefficient (Wildman–Crippen LogP) is 1.94. The molecule has 0 amide bonds. The van der Waals surface area contributed by atoms with Crippen LogP contribution < -0.4 is 10.1 Å². The highest BCUT2D eigenvalue weighted by molar-refractivity contribution is 9.10. The Morgan fingerprint density at radius 3 is 2.84 bits per heavy atom. The normalized spacial score (nSPS) is 14.1. The monoisotopic (exact) mass is 331 g/mol. The Balaban J connectivity index is 2.09. The van der Waals surface area contributed by atoms with Gasteiger partial charge in [0.2, 0.25) is 0 Å². The van der Waals surface area contributed by atoms with Crippen LogP contribution >= 0.6 is 15.9 Å². The first kappa shape index (κ1) is 16.4. The van der Waals surface area contributed by atoms with Crippen molar-refractivity contribution >= 4 is 15.9 Å². The molecule has 0 spiro atoms. The maximum atomic E-state index is 9.74. The number of nitrogens with one attached hydrogen (secondary N) is 1. The first-order valence-electron chi connectivity index (χ1n) is 6.53. The van der Waals surface area contributed by atoms with E-state index in [2.05, 4.69) is 21.2 Å². The van der Waals surface area contributed by atoms with Crippen molar-refractivity contribution in [1.82, 2.24) is 5.32 Å². The summed E-state index contributed by atoms with van der Waals surface area (Å²) in [5.41, 5.74) is 0. The van der Waals surface area contributed by atoms with E-state index >= 15 is 0 Å². The van der Waals surface area contributed by atoms with E-state index < -0.39 is 6.10 Å². The fourth-order valence-corrected chi connectivity index (χ4v) is 1.98. The predicted molar refractivity (Wildman–Crippen MR) is 79.4 cm³/mol. The molecular weight excluding hydrogens is 310 g/mol. The van der Waals surface area contributed by atoms with Crippen LogP contribution in [-0.2, 0) is 0 Å². The van der Waals surface area contributed by atoms with Gasteiger partial charge in [-0.25, -0.2) is 0 Å². The number of ether oxygens (including phenoxy) is 1. The van der Waals surface area contributed by atoms with Gasteiger partial charge in [-0.1, -0.05) is 22.0 Å². The van der Waals surface area contributed by atoms with Gasteiger partial charge in [-0.3, -0.25) is 0 Å². The molecule has 0 aliphatic rings. The summed E-state index contributed by atoms with van der Waals surface area (Å²) in [7, 11) is 0. The molecule has 0 fully saturated rings. The SMILES string of the molecule is CC(O)CCCNCC(O)COc1cccc(Br)c1. The lowest BCUT2D eigenvalue weighted by Crippen LogP contribution is -2.32. The Hall–Kier alpha value is -0.620. The number of aliphatic hydroxyl groups is 2. The zero-order valence-corrected chi connectivity index (χ0v) is 12.8. The van der Waals surface area contributed by atoms with Crippen molar-refractivity contribution < 1.29 is 14.9 Å². The molecule has 4 nitrogen and oxygen atoms in total. The highest BCUT2D eigenvalue weighted by Crippen LogP contribution is 2.17. The second-order valence-corrected chi connectivity index (χ2v) is 5.53. The van der Waals surface area contributed by atoms with Crippen molar-refractivity contribution in [2.75, 3.05) is 19.7 Å². The number of benzene rings is 1. The molecule has 0 bridgehead atoms. The second-order valence-electron chi connectivity index (χ2n) is 4.62. The molecule has 0 saturated carbocycles. The summed E-state index contributed by atoms with van der Waals surface area (Å²) < 4.78 is 6.44. The number of hydrogen-bond acceptors (Lipinski definition) is 4. The molecule has 0 aliphatic heterocycles. The highest BCUT2D eigenvalue weighted by atomic mass is 79.9. The molecule has 0 saturated heterocycles. The molecule has 0 heterocycles. The van der Waals surface area contributed by atoms with Crippen LogP contribution in [0.4, 0.5) is 0 Å². The van der Waals surface area contributed by atoms with Crippen molar-refractivity contribution in [3.63, 3.8) is 0 Å². The number of halogens is 1. The van der Waals surface area contributed by atoms with Gasteiger partial charge in [-0.05, 0) is 44.5 Å². The van der Waals surface area contributed by atoms with Gasteiger partial charge in [0.05, 0.1) is 6.10 Å². The molecule has 1 aromatic rings. The summed E-state index contributed by atoms with van der Waals surface area (Å²) in [6.45, 7) is 3.33. The van der Waals surface area contributed by atoms with Gasteiger partial charge in [0, 0.05) is 11.0 Å². The van der Waals surface area contributed by atoms with Crippen LogP contribution in [0.1, 0.15) is 19.8 Å². The highest BCUT2D eigenvalue weighted by Gasteiger charge is 2.05. The van der Waals surface area contributed by atoms with Crippen LogP contribution in [-0.4, -0.2) is 42.1 Å². The lowest BCUT2D eigenvalue weighted by molar-refractivity contribution is 0.106. The van der Waals surface area contributed by atoms with Gasteiger partial charge in [0.25, 0.3) is 0 Å². The van der Waals surface area contributed by atoms with E-state index in [4.69, 9.17) is 9.84 Å². The van der Waals surface area contributed by atoms with E-state index in [9.17, 15) is 5.11 Å². The molecule has 0 aromatic heterocycles. The Bertz CT molecular complexity index is 360. The molecule has 2 unspecified atom stereocenters. The number of hydrogen-bond donors (Lipinski definition) is 3. The van der Waals surface area contributed by atoms with Crippen molar-refractivity contribution in [2.45, 2.75) is 32.0 Å². The summed E-state index contributed by atoms with van der Waals surface area (Å²) in [6.07, 6.45) is 0.881.